The number of rotatable bonds is 3. The number of benzene rings is 1. The largest absolute Gasteiger partial charge is 0.493 e. The molecule has 0 atom stereocenters. The summed E-state index contributed by atoms with van der Waals surface area (Å²) in [5, 5.41) is 9.40. The number of fused-ring (bicyclic) bond motifs is 1. The fourth-order valence-electron chi connectivity index (χ4n) is 2.26. The summed E-state index contributed by atoms with van der Waals surface area (Å²) < 4.78 is 20.4. The first-order chi connectivity index (χ1) is 10.2. The second kappa shape index (κ2) is 5.25. The van der Waals surface area contributed by atoms with Crippen LogP contribution in [0.15, 0.2) is 42.6 Å². The van der Waals surface area contributed by atoms with Gasteiger partial charge >= 0.3 is 0 Å². The fourth-order valence-corrected chi connectivity index (χ4v) is 2.26. The quantitative estimate of drug-likeness (QED) is 0.739. The van der Waals surface area contributed by atoms with E-state index in [0.717, 1.165) is 5.56 Å². The van der Waals surface area contributed by atoms with Crippen LogP contribution in [-0.2, 0) is 0 Å². The SMILES string of the molecule is CCOc1ccccc1-c1nc2ccc(F)cn2c1C#N. The zero-order valence-electron chi connectivity index (χ0n) is 11.4. The van der Waals surface area contributed by atoms with Gasteiger partial charge in [-0.1, -0.05) is 12.1 Å². The van der Waals surface area contributed by atoms with E-state index in [1.54, 1.807) is 6.07 Å². The van der Waals surface area contributed by atoms with E-state index in [4.69, 9.17) is 4.74 Å². The van der Waals surface area contributed by atoms with Crippen molar-refractivity contribution in [2.75, 3.05) is 6.61 Å². The lowest BCUT2D eigenvalue weighted by atomic mass is 10.1. The third kappa shape index (κ3) is 2.21. The van der Waals surface area contributed by atoms with Gasteiger partial charge in [-0.3, -0.25) is 4.40 Å². The van der Waals surface area contributed by atoms with E-state index < -0.39 is 5.82 Å². The van der Waals surface area contributed by atoms with Gasteiger partial charge in [0.05, 0.1) is 6.61 Å². The maximum absolute atomic E-state index is 13.4. The predicted molar refractivity (Wildman–Crippen MR) is 76.5 cm³/mol. The molecule has 0 N–H and O–H groups in total. The fraction of sp³-hybridized carbons (Fsp3) is 0.125. The lowest BCUT2D eigenvalue weighted by Crippen LogP contribution is -1.95. The maximum atomic E-state index is 13.4. The molecule has 0 radical (unpaired) electrons. The van der Waals surface area contributed by atoms with E-state index in [1.807, 2.05) is 31.2 Å². The normalized spacial score (nSPS) is 10.5. The maximum Gasteiger partial charge on any atom is 0.152 e. The van der Waals surface area contributed by atoms with E-state index in [1.165, 1.54) is 16.7 Å². The summed E-state index contributed by atoms with van der Waals surface area (Å²) in [5.74, 6) is 0.237. The summed E-state index contributed by atoms with van der Waals surface area (Å²) in [6.07, 6.45) is 1.26. The van der Waals surface area contributed by atoms with Crippen LogP contribution in [0.2, 0.25) is 0 Å². The number of halogens is 1. The standard InChI is InChI=1S/C16H12FN3O/c1-2-21-14-6-4-3-5-12(14)16-13(9-18)20-10-11(17)7-8-15(20)19-16/h3-8,10H,2H2,1H3. The van der Waals surface area contributed by atoms with Gasteiger partial charge in [-0.2, -0.15) is 5.26 Å². The molecule has 21 heavy (non-hydrogen) atoms. The molecule has 0 aliphatic heterocycles. The lowest BCUT2D eigenvalue weighted by molar-refractivity contribution is 0.341. The monoisotopic (exact) mass is 281 g/mol. The van der Waals surface area contributed by atoms with Crippen LogP contribution < -0.4 is 4.74 Å². The van der Waals surface area contributed by atoms with Gasteiger partial charge in [0.25, 0.3) is 0 Å². The molecule has 104 valence electrons. The van der Waals surface area contributed by atoms with E-state index in [-0.39, 0.29) is 5.69 Å². The summed E-state index contributed by atoms with van der Waals surface area (Å²) in [4.78, 5) is 4.43. The van der Waals surface area contributed by atoms with Crippen LogP contribution in [0.4, 0.5) is 4.39 Å². The molecule has 0 unspecified atom stereocenters. The minimum absolute atomic E-state index is 0.289. The number of nitriles is 1. The predicted octanol–water partition coefficient (Wildman–Crippen LogP) is 3.41. The number of pyridine rings is 1. The van der Waals surface area contributed by atoms with Crippen molar-refractivity contribution in [3.8, 4) is 23.1 Å². The van der Waals surface area contributed by atoms with Gasteiger partial charge in [0, 0.05) is 11.8 Å². The molecule has 0 spiro atoms. The van der Waals surface area contributed by atoms with Crippen molar-refractivity contribution in [3.63, 3.8) is 0 Å². The highest BCUT2D eigenvalue weighted by atomic mass is 19.1. The number of nitrogens with zero attached hydrogens (tertiary/aromatic N) is 3. The van der Waals surface area contributed by atoms with E-state index in [9.17, 15) is 9.65 Å². The van der Waals surface area contributed by atoms with Crippen LogP contribution in [-0.4, -0.2) is 16.0 Å². The minimum Gasteiger partial charge on any atom is -0.493 e. The Labute approximate surface area is 121 Å². The van der Waals surface area contributed by atoms with Crippen LogP contribution >= 0.6 is 0 Å². The van der Waals surface area contributed by atoms with Gasteiger partial charge in [-0.05, 0) is 31.2 Å². The van der Waals surface area contributed by atoms with Crippen LogP contribution in [0.5, 0.6) is 5.75 Å². The number of hydrogen-bond donors (Lipinski definition) is 0. The van der Waals surface area contributed by atoms with Gasteiger partial charge in [0.2, 0.25) is 0 Å². The van der Waals surface area contributed by atoms with Gasteiger partial charge in [0.15, 0.2) is 5.69 Å². The molecule has 0 aliphatic rings. The molecule has 2 aromatic heterocycles. The van der Waals surface area contributed by atoms with E-state index in [0.29, 0.717) is 23.7 Å². The first-order valence-electron chi connectivity index (χ1n) is 6.54. The molecule has 1 aromatic carbocycles. The zero-order chi connectivity index (χ0) is 14.8. The molecule has 0 amide bonds. The van der Waals surface area contributed by atoms with Crippen molar-refractivity contribution < 1.29 is 9.13 Å². The van der Waals surface area contributed by atoms with Crippen molar-refractivity contribution >= 4 is 5.65 Å². The zero-order valence-corrected chi connectivity index (χ0v) is 11.4. The molecule has 0 bridgehead atoms. The molecule has 0 fully saturated rings. The molecule has 2 heterocycles. The average Bonchev–Trinajstić information content (AvgIpc) is 2.85. The average molecular weight is 281 g/mol. The highest BCUT2D eigenvalue weighted by Gasteiger charge is 2.17. The number of hydrogen-bond acceptors (Lipinski definition) is 3. The second-order valence-corrected chi connectivity index (χ2v) is 4.43. The molecule has 4 nitrogen and oxygen atoms in total. The molecule has 0 aliphatic carbocycles. The topological polar surface area (TPSA) is 50.3 Å². The van der Waals surface area contributed by atoms with Crippen LogP contribution in [0.25, 0.3) is 16.9 Å². The summed E-state index contributed by atoms with van der Waals surface area (Å²) in [5.41, 5.74) is 2.03. The van der Waals surface area contributed by atoms with Crippen molar-refractivity contribution in [1.29, 1.82) is 5.26 Å². The first-order valence-corrected chi connectivity index (χ1v) is 6.54. The number of para-hydroxylation sites is 1. The highest BCUT2D eigenvalue weighted by Crippen LogP contribution is 2.32. The molecule has 0 saturated carbocycles. The van der Waals surface area contributed by atoms with Crippen LogP contribution in [0.3, 0.4) is 0 Å². The Kier molecular flexibility index (Phi) is 3.28. The Hall–Kier alpha value is -2.87. The number of imidazole rings is 1. The molecule has 3 rings (SSSR count). The van der Waals surface area contributed by atoms with Crippen LogP contribution in [0.1, 0.15) is 12.6 Å². The summed E-state index contributed by atoms with van der Waals surface area (Å²) in [7, 11) is 0. The smallest absolute Gasteiger partial charge is 0.152 e. The van der Waals surface area contributed by atoms with Gasteiger partial charge < -0.3 is 4.74 Å². The van der Waals surface area contributed by atoms with Crippen molar-refractivity contribution in [2.24, 2.45) is 0 Å². The van der Waals surface area contributed by atoms with Crippen molar-refractivity contribution in [1.82, 2.24) is 9.38 Å². The minimum atomic E-state index is -0.416. The lowest BCUT2D eigenvalue weighted by Gasteiger charge is -2.07. The summed E-state index contributed by atoms with van der Waals surface area (Å²) in [6.45, 7) is 2.40. The van der Waals surface area contributed by atoms with Gasteiger partial charge in [-0.25, -0.2) is 9.37 Å². The van der Waals surface area contributed by atoms with Gasteiger partial charge in [-0.15, -0.1) is 0 Å². The number of ether oxygens (including phenoxy) is 1. The van der Waals surface area contributed by atoms with Crippen molar-refractivity contribution in [2.45, 2.75) is 6.92 Å². The Morgan fingerprint density at radius 3 is 2.86 bits per heavy atom. The Morgan fingerprint density at radius 2 is 2.10 bits per heavy atom. The first kappa shape index (κ1) is 13.1. The molecule has 3 aromatic rings. The second-order valence-electron chi connectivity index (χ2n) is 4.43. The van der Waals surface area contributed by atoms with E-state index in [2.05, 4.69) is 11.1 Å². The van der Waals surface area contributed by atoms with E-state index >= 15 is 0 Å². The van der Waals surface area contributed by atoms with Gasteiger partial charge in [0.1, 0.15) is 29.0 Å². The van der Waals surface area contributed by atoms with Crippen molar-refractivity contribution in [3.05, 3.63) is 54.1 Å². The summed E-state index contributed by atoms with van der Waals surface area (Å²) in [6, 6.07) is 12.3. The molecule has 5 heteroatoms. The Morgan fingerprint density at radius 1 is 1.29 bits per heavy atom. The molecular formula is C16H12FN3O. The third-order valence-corrected chi connectivity index (χ3v) is 3.13. The Bertz CT molecular complexity index is 848. The molecular weight excluding hydrogens is 269 g/mol. The highest BCUT2D eigenvalue weighted by molar-refractivity contribution is 5.74. The summed E-state index contributed by atoms with van der Waals surface area (Å²) >= 11 is 0. The van der Waals surface area contributed by atoms with Crippen LogP contribution in [0, 0.1) is 17.1 Å². The number of aromatic nitrogens is 2. The Balaban J connectivity index is 2.28. The molecule has 0 saturated heterocycles. The third-order valence-electron chi connectivity index (χ3n) is 3.13.